The van der Waals surface area contributed by atoms with Crippen LogP contribution in [0.1, 0.15) is 35.0 Å². The third-order valence-corrected chi connectivity index (χ3v) is 4.44. The molecule has 1 saturated heterocycles. The first-order valence-electron chi connectivity index (χ1n) is 8.08. The minimum Gasteiger partial charge on any atom is -0.497 e. The average molecular weight is 315 g/mol. The van der Waals surface area contributed by atoms with Crippen molar-refractivity contribution in [2.75, 3.05) is 26.7 Å². The number of rotatable bonds is 6. The van der Waals surface area contributed by atoms with Gasteiger partial charge in [-0.1, -0.05) is 0 Å². The molecule has 0 unspecified atom stereocenters. The van der Waals surface area contributed by atoms with Crippen molar-refractivity contribution in [1.82, 2.24) is 5.32 Å². The van der Waals surface area contributed by atoms with E-state index >= 15 is 0 Å². The highest BCUT2D eigenvalue weighted by Crippen LogP contribution is 2.13. The lowest BCUT2D eigenvalue weighted by Crippen LogP contribution is -3.11. The first kappa shape index (κ1) is 15.6. The van der Waals surface area contributed by atoms with E-state index < -0.39 is 0 Å². The predicted molar refractivity (Wildman–Crippen MR) is 86.7 cm³/mol. The van der Waals surface area contributed by atoms with Crippen molar-refractivity contribution in [3.63, 3.8) is 0 Å². The Kier molecular flexibility index (Phi) is 4.98. The van der Waals surface area contributed by atoms with Crippen LogP contribution in [0, 0.1) is 0 Å². The van der Waals surface area contributed by atoms with Crippen molar-refractivity contribution >= 4 is 5.91 Å². The van der Waals surface area contributed by atoms with Crippen LogP contribution in [0.25, 0.3) is 0 Å². The highest BCUT2D eigenvalue weighted by Gasteiger charge is 2.29. The molecule has 0 bridgehead atoms. The number of hydrogen-bond acceptors (Lipinski definition) is 3. The number of hydrogen-bond donors (Lipinski definition) is 2. The van der Waals surface area contributed by atoms with Gasteiger partial charge in [0.2, 0.25) is 0 Å². The number of furan rings is 1. The summed E-state index contributed by atoms with van der Waals surface area (Å²) in [5.41, 5.74) is 0.639. The number of quaternary nitrogens is 1. The molecular weight excluding hydrogens is 292 g/mol. The van der Waals surface area contributed by atoms with Crippen LogP contribution >= 0.6 is 0 Å². The largest absolute Gasteiger partial charge is 0.497 e. The van der Waals surface area contributed by atoms with Crippen LogP contribution in [0.3, 0.4) is 0 Å². The Morgan fingerprint density at radius 2 is 2.00 bits per heavy atom. The normalized spacial score (nSPS) is 16.2. The van der Waals surface area contributed by atoms with Crippen molar-refractivity contribution in [2.24, 2.45) is 0 Å². The third kappa shape index (κ3) is 3.74. The van der Waals surface area contributed by atoms with Crippen LogP contribution in [0.15, 0.2) is 47.1 Å². The first-order chi connectivity index (χ1) is 11.3. The van der Waals surface area contributed by atoms with E-state index in [2.05, 4.69) is 5.32 Å². The second-order valence-corrected chi connectivity index (χ2v) is 5.87. The van der Waals surface area contributed by atoms with Gasteiger partial charge in [-0.2, -0.15) is 0 Å². The molecule has 0 spiro atoms. The SMILES string of the molecule is COc1ccc(C(=O)NC[C@H](c2ccco2)[NH+]2CCCC2)cc1. The summed E-state index contributed by atoms with van der Waals surface area (Å²) in [7, 11) is 1.61. The molecule has 1 aliphatic heterocycles. The van der Waals surface area contributed by atoms with Crippen LogP contribution in [0.4, 0.5) is 0 Å². The standard InChI is InChI=1S/C18H22N2O3/c1-22-15-8-6-14(7-9-15)18(21)19-13-16(17-5-4-12-23-17)20-10-2-3-11-20/h4-9,12,16H,2-3,10-11,13H2,1H3,(H,19,21)/p+1/t16-/m1/s1. The molecule has 3 rings (SSSR count). The summed E-state index contributed by atoms with van der Waals surface area (Å²) in [5.74, 6) is 1.62. The minimum absolute atomic E-state index is 0.0668. The van der Waals surface area contributed by atoms with Gasteiger partial charge in [0.25, 0.3) is 5.91 Å². The van der Waals surface area contributed by atoms with E-state index in [1.807, 2.05) is 12.1 Å². The van der Waals surface area contributed by atoms with Crippen molar-refractivity contribution < 1.29 is 18.8 Å². The molecule has 122 valence electrons. The molecule has 1 aromatic heterocycles. The second kappa shape index (κ2) is 7.33. The van der Waals surface area contributed by atoms with Crippen molar-refractivity contribution in [2.45, 2.75) is 18.9 Å². The number of likely N-dealkylation sites (tertiary alicyclic amines) is 1. The predicted octanol–water partition coefficient (Wildman–Crippen LogP) is 1.44. The monoisotopic (exact) mass is 315 g/mol. The zero-order valence-corrected chi connectivity index (χ0v) is 13.4. The topological polar surface area (TPSA) is 55.9 Å². The zero-order chi connectivity index (χ0) is 16.1. The Balaban J connectivity index is 1.64. The number of amides is 1. The Morgan fingerprint density at radius 3 is 2.61 bits per heavy atom. The van der Waals surface area contributed by atoms with Crippen LogP contribution < -0.4 is 15.0 Å². The molecule has 1 aromatic carbocycles. The van der Waals surface area contributed by atoms with Crippen LogP contribution in [0.5, 0.6) is 5.75 Å². The summed E-state index contributed by atoms with van der Waals surface area (Å²) >= 11 is 0. The van der Waals surface area contributed by atoms with E-state index in [4.69, 9.17) is 9.15 Å². The van der Waals surface area contributed by atoms with Gasteiger partial charge in [0, 0.05) is 18.4 Å². The van der Waals surface area contributed by atoms with Gasteiger partial charge in [-0.05, 0) is 36.4 Å². The quantitative estimate of drug-likeness (QED) is 0.848. The summed E-state index contributed by atoms with van der Waals surface area (Å²) < 4.78 is 10.7. The highest BCUT2D eigenvalue weighted by molar-refractivity contribution is 5.94. The van der Waals surface area contributed by atoms with E-state index in [1.165, 1.54) is 17.7 Å². The number of carbonyl (C=O) groups excluding carboxylic acids is 1. The molecule has 0 radical (unpaired) electrons. The van der Waals surface area contributed by atoms with Gasteiger partial charge in [0.05, 0.1) is 33.0 Å². The van der Waals surface area contributed by atoms with E-state index in [-0.39, 0.29) is 11.9 Å². The summed E-state index contributed by atoms with van der Waals surface area (Å²) in [6.07, 6.45) is 4.17. The van der Waals surface area contributed by atoms with E-state index in [1.54, 1.807) is 37.6 Å². The molecule has 2 aromatic rings. The van der Waals surface area contributed by atoms with Gasteiger partial charge in [-0.25, -0.2) is 0 Å². The lowest BCUT2D eigenvalue weighted by atomic mass is 10.1. The molecule has 5 nitrogen and oxygen atoms in total. The van der Waals surface area contributed by atoms with E-state index in [0.29, 0.717) is 12.1 Å². The van der Waals surface area contributed by atoms with Gasteiger partial charge < -0.3 is 19.4 Å². The summed E-state index contributed by atoms with van der Waals surface area (Å²) in [6, 6.07) is 11.2. The number of ether oxygens (including phenoxy) is 1. The number of methoxy groups -OCH3 is 1. The maximum Gasteiger partial charge on any atom is 0.251 e. The van der Waals surface area contributed by atoms with Crippen molar-refractivity contribution in [3.05, 3.63) is 54.0 Å². The molecule has 1 aliphatic rings. The Hall–Kier alpha value is -2.27. The summed E-state index contributed by atoms with van der Waals surface area (Å²) in [5, 5.41) is 3.04. The summed E-state index contributed by atoms with van der Waals surface area (Å²) in [6.45, 7) is 2.83. The second-order valence-electron chi connectivity index (χ2n) is 5.87. The van der Waals surface area contributed by atoms with E-state index in [9.17, 15) is 4.79 Å². The lowest BCUT2D eigenvalue weighted by Gasteiger charge is -2.23. The molecular formula is C18H23N2O3+. The van der Waals surface area contributed by atoms with Crippen LogP contribution in [0.2, 0.25) is 0 Å². The maximum atomic E-state index is 12.3. The molecule has 5 heteroatoms. The zero-order valence-electron chi connectivity index (χ0n) is 13.4. The molecule has 1 fully saturated rings. The van der Waals surface area contributed by atoms with Gasteiger partial charge in [-0.3, -0.25) is 4.79 Å². The van der Waals surface area contributed by atoms with E-state index in [0.717, 1.165) is 24.6 Å². The molecule has 2 heterocycles. The van der Waals surface area contributed by atoms with Gasteiger partial charge in [-0.15, -0.1) is 0 Å². The summed E-state index contributed by atoms with van der Waals surface area (Å²) in [4.78, 5) is 13.8. The number of carbonyl (C=O) groups is 1. The van der Waals surface area contributed by atoms with Crippen molar-refractivity contribution in [3.8, 4) is 5.75 Å². The fourth-order valence-corrected chi connectivity index (χ4v) is 3.15. The minimum atomic E-state index is -0.0668. The maximum absolute atomic E-state index is 12.3. The van der Waals surface area contributed by atoms with Gasteiger partial charge >= 0.3 is 0 Å². The molecule has 0 aliphatic carbocycles. The van der Waals surface area contributed by atoms with Gasteiger partial charge in [0.1, 0.15) is 5.75 Å². The highest BCUT2D eigenvalue weighted by atomic mass is 16.5. The first-order valence-corrected chi connectivity index (χ1v) is 8.08. The number of nitrogens with one attached hydrogen (secondary N) is 2. The van der Waals surface area contributed by atoms with Crippen molar-refractivity contribution in [1.29, 1.82) is 0 Å². The lowest BCUT2D eigenvalue weighted by molar-refractivity contribution is -0.919. The molecule has 23 heavy (non-hydrogen) atoms. The average Bonchev–Trinajstić information content (AvgIpc) is 3.29. The third-order valence-electron chi connectivity index (χ3n) is 4.44. The van der Waals surface area contributed by atoms with Crippen LogP contribution in [-0.2, 0) is 0 Å². The molecule has 0 saturated carbocycles. The Labute approximate surface area is 136 Å². The molecule has 1 amide bonds. The van der Waals surface area contributed by atoms with Crippen LogP contribution in [-0.4, -0.2) is 32.7 Å². The molecule has 2 N–H and O–H groups in total. The fourth-order valence-electron chi connectivity index (χ4n) is 3.15. The smallest absolute Gasteiger partial charge is 0.251 e. The fraction of sp³-hybridized carbons (Fsp3) is 0.389. The van der Waals surface area contributed by atoms with Gasteiger partial charge in [0.15, 0.2) is 11.8 Å². The molecule has 1 atom stereocenters. The Bertz CT molecular complexity index is 616. The number of benzene rings is 1. The Morgan fingerprint density at radius 1 is 1.26 bits per heavy atom.